The van der Waals surface area contributed by atoms with Gasteiger partial charge in [-0.1, -0.05) is 29.3 Å². The fourth-order valence-corrected chi connectivity index (χ4v) is 2.70. The van der Waals surface area contributed by atoms with Gasteiger partial charge in [-0.3, -0.25) is 0 Å². The van der Waals surface area contributed by atoms with Crippen molar-refractivity contribution < 1.29 is 5.11 Å². The summed E-state index contributed by atoms with van der Waals surface area (Å²) in [6, 6.07) is 6.53. The predicted molar refractivity (Wildman–Crippen MR) is 68.5 cm³/mol. The lowest BCUT2D eigenvalue weighted by molar-refractivity contribution is 0.466. The zero-order chi connectivity index (χ0) is 11.7. The maximum absolute atomic E-state index is 9.83. The summed E-state index contributed by atoms with van der Waals surface area (Å²) >= 11 is 13.2. The van der Waals surface area contributed by atoms with Crippen molar-refractivity contribution in [2.75, 3.05) is 0 Å². The Morgan fingerprint density at radius 3 is 2.69 bits per heavy atom. The standard InChI is InChI=1S/C11H9Cl2NOS/c12-6-4-7(11(15)8(13)5-6)10(14)9-2-1-3-16-9/h1-5,10,15H,14H2/t10-/m0/s1. The molecule has 0 aliphatic rings. The molecule has 0 radical (unpaired) electrons. The normalized spacial score (nSPS) is 12.7. The highest BCUT2D eigenvalue weighted by molar-refractivity contribution is 7.10. The van der Waals surface area contributed by atoms with Gasteiger partial charge < -0.3 is 10.8 Å². The van der Waals surface area contributed by atoms with E-state index in [1.165, 1.54) is 17.4 Å². The number of halogens is 2. The molecule has 0 spiro atoms. The van der Waals surface area contributed by atoms with Crippen molar-refractivity contribution in [2.24, 2.45) is 5.73 Å². The minimum absolute atomic E-state index is 0.00744. The van der Waals surface area contributed by atoms with Crippen LogP contribution in [0.5, 0.6) is 5.75 Å². The number of benzene rings is 1. The van der Waals surface area contributed by atoms with Crippen LogP contribution in [0.15, 0.2) is 29.6 Å². The van der Waals surface area contributed by atoms with E-state index in [0.29, 0.717) is 10.6 Å². The lowest BCUT2D eigenvalue weighted by atomic mass is 10.1. The number of rotatable bonds is 2. The van der Waals surface area contributed by atoms with Crippen LogP contribution in [0.3, 0.4) is 0 Å². The number of hydrogen-bond acceptors (Lipinski definition) is 3. The van der Waals surface area contributed by atoms with E-state index < -0.39 is 6.04 Å². The summed E-state index contributed by atoms with van der Waals surface area (Å²) in [6.07, 6.45) is 0. The molecule has 1 aromatic carbocycles. The maximum atomic E-state index is 9.83. The molecule has 0 aliphatic heterocycles. The largest absolute Gasteiger partial charge is 0.506 e. The van der Waals surface area contributed by atoms with E-state index in [-0.39, 0.29) is 10.8 Å². The molecule has 0 saturated carbocycles. The van der Waals surface area contributed by atoms with Gasteiger partial charge in [0.05, 0.1) is 11.1 Å². The summed E-state index contributed by atoms with van der Waals surface area (Å²) in [5, 5.41) is 12.4. The second-order valence-corrected chi connectivity index (χ2v) is 5.14. The van der Waals surface area contributed by atoms with Gasteiger partial charge in [0, 0.05) is 15.5 Å². The van der Waals surface area contributed by atoms with E-state index in [0.717, 1.165) is 4.88 Å². The van der Waals surface area contributed by atoms with Crippen LogP contribution in [0, 0.1) is 0 Å². The molecule has 1 heterocycles. The molecular formula is C11H9Cl2NOS. The van der Waals surface area contributed by atoms with E-state index in [1.807, 2.05) is 17.5 Å². The van der Waals surface area contributed by atoms with Gasteiger partial charge in [0.25, 0.3) is 0 Å². The summed E-state index contributed by atoms with van der Waals surface area (Å²) in [6.45, 7) is 0. The molecule has 0 saturated heterocycles. The summed E-state index contributed by atoms with van der Waals surface area (Å²) in [4.78, 5) is 0.952. The smallest absolute Gasteiger partial charge is 0.139 e. The van der Waals surface area contributed by atoms with E-state index >= 15 is 0 Å². The Kier molecular flexibility index (Phi) is 3.40. The Morgan fingerprint density at radius 2 is 2.06 bits per heavy atom. The minimum Gasteiger partial charge on any atom is -0.506 e. The van der Waals surface area contributed by atoms with Gasteiger partial charge in [-0.2, -0.15) is 0 Å². The van der Waals surface area contributed by atoms with E-state index in [4.69, 9.17) is 28.9 Å². The van der Waals surface area contributed by atoms with Crippen LogP contribution < -0.4 is 5.73 Å². The molecule has 5 heteroatoms. The highest BCUT2D eigenvalue weighted by atomic mass is 35.5. The van der Waals surface area contributed by atoms with Gasteiger partial charge >= 0.3 is 0 Å². The fraction of sp³-hybridized carbons (Fsp3) is 0.0909. The lowest BCUT2D eigenvalue weighted by Crippen LogP contribution is -2.10. The van der Waals surface area contributed by atoms with Crippen molar-refractivity contribution >= 4 is 34.5 Å². The zero-order valence-corrected chi connectivity index (χ0v) is 10.5. The van der Waals surface area contributed by atoms with Crippen LogP contribution in [-0.2, 0) is 0 Å². The molecule has 3 N–H and O–H groups in total. The van der Waals surface area contributed by atoms with Gasteiger partial charge in [-0.15, -0.1) is 11.3 Å². The van der Waals surface area contributed by atoms with Crippen molar-refractivity contribution in [3.63, 3.8) is 0 Å². The van der Waals surface area contributed by atoms with Crippen LogP contribution >= 0.6 is 34.5 Å². The summed E-state index contributed by atoms with van der Waals surface area (Å²) in [5.41, 5.74) is 6.57. The van der Waals surface area contributed by atoms with E-state index in [1.54, 1.807) is 6.07 Å². The average molecular weight is 274 g/mol. The molecule has 2 rings (SSSR count). The number of hydrogen-bond donors (Lipinski definition) is 2. The first kappa shape index (κ1) is 11.7. The molecular weight excluding hydrogens is 265 g/mol. The topological polar surface area (TPSA) is 46.2 Å². The number of phenols is 1. The minimum atomic E-state index is -0.406. The van der Waals surface area contributed by atoms with Gasteiger partial charge in [0.2, 0.25) is 0 Å². The summed E-state index contributed by atoms with van der Waals surface area (Å²) in [7, 11) is 0. The third-order valence-electron chi connectivity index (χ3n) is 2.24. The van der Waals surface area contributed by atoms with Crippen LogP contribution in [0.1, 0.15) is 16.5 Å². The molecule has 0 fully saturated rings. The van der Waals surface area contributed by atoms with Gasteiger partial charge in [-0.05, 0) is 23.6 Å². The summed E-state index contributed by atoms with van der Waals surface area (Å²) in [5.74, 6) is -0.00744. The zero-order valence-electron chi connectivity index (χ0n) is 8.15. The molecule has 1 aromatic heterocycles. The molecule has 16 heavy (non-hydrogen) atoms. The van der Waals surface area contributed by atoms with Crippen LogP contribution in [0.2, 0.25) is 10.0 Å². The first-order valence-electron chi connectivity index (χ1n) is 4.56. The number of nitrogens with two attached hydrogens (primary N) is 1. The van der Waals surface area contributed by atoms with Gasteiger partial charge in [0.1, 0.15) is 5.75 Å². The third-order valence-corrected chi connectivity index (χ3v) is 3.70. The molecule has 1 atom stereocenters. The van der Waals surface area contributed by atoms with Crippen LogP contribution in [0.25, 0.3) is 0 Å². The Morgan fingerprint density at radius 1 is 1.31 bits per heavy atom. The second-order valence-electron chi connectivity index (χ2n) is 3.32. The number of thiophene rings is 1. The number of phenolic OH excluding ortho intramolecular Hbond substituents is 1. The first-order valence-corrected chi connectivity index (χ1v) is 6.20. The van der Waals surface area contributed by atoms with Crippen molar-refractivity contribution in [1.29, 1.82) is 0 Å². The quantitative estimate of drug-likeness (QED) is 0.874. The van der Waals surface area contributed by atoms with Crippen molar-refractivity contribution in [1.82, 2.24) is 0 Å². The maximum Gasteiger partial charge on any atom is 0.139 e. The molecule has 0 bridgehead atoms. The van der Waals surface area contributed by atoms with Crippen LogP contribution in [-0.4, -0.2) is 5.11 Å². The third kappa shape index (κ3) is 2.18. The van der Waals surface area contributed by atoms with Crippen LogP contribution in [0.4, 0.5) is 0 Å². The Bertz CT molecular complexity index is 499. The molecule has 0 amide bonds. The monoisotopic (exact) mass is 273 g/mol. The van der Waals surface area contributed by atoms with Crippen molar-refractivity contribution in [2.45, 2.75) is 6.04 Å². The van der Waals surface area contributed by atoms with Crippen molar-refractivity contribution in [3.05, 3.63) is 50.1 Å². The molecule has 0 aliphatic carbocycles. The molecule has 2 nitrogen and oxygen atoms in total. The van der Waals surface area contributed by atoms with Gasteiger partial charge in [0.15, 0.2) is 0 Å². The molecule has 0 unspecified atom stereocenters. The van der Waals surface area contributed by atoms with Gasteiger partial charge in [-0.25, -0.2) is 0 Å². The SMILES string of the molecule is N[C@H](c1cccs1)c1cc(Cl)cc(Cl)c1O. The predicted octanol–water partition coefficient (Wildman–Crippen LogP) is 3.81. The van der Waals surface area contributed by atoms with Crippen molar-refractivity contribution in [3.8, 4) is 5.75 Å². The average Bonchev–Trinajstić information content (AvgIpc) is 2.75. The fourth-order valence-electron chi connectivity index (χ4n) is 1.44. The first-order chi connectivity index (χ1) is 7.59. The number of aromatic hydroxyl groups is 1. The second kappa shape index (κ2) is 4.63. The Hall–Kier alpha value is -0.740. The highest BCUT2D eigenvalue weighted by Crippen LogP contribution is 2.37. The van der Waals surface area contributed by atoms with E-state index in [9.17, 15) is 5.11 Å². The molecule has 2 aromatic rings. The van der Waals surface area contributed by atoms with E-state index in [2.05, 4.69) is 0 Å². The lowest BCUT2D eigenvalue weighted by Gasteiger charge is -2.13. The molecule has 84 valence electrons. The Labute approximate surface area is 107 Å². The Balaban J connectivity index is 2.48. The highest BCUT2D eigenvalue weighted by Gasteiger charge is 2.17. The summed E-state index contributed by atoms with van der Waals surface area (Å²) < 4.78 is 0.